The van der Waals surface area contributed by atoms with Gasteiger partial charge in [-0.3, -0.25) is 0 Å². The fourth-order valence-electron chi connectivity index (χ4n) is 1.27. The summed E-state index contributed by atoms with van der Waals surface area (Å²) in [7, 11) is 3.70. The second-order valence-corrected chi connectivity index (χ2v) is 3.59. The Morgan fingerprint density at radius 3 is 2.88 bits per heavy atom. The van der Waals surface area contributed by atoms with Gasteiger partial charge in [-0.25, -0.2) is 9.97 Å². The van der Waals surface area contributed by atoms with Crippen LogP contribution < -0.4 is 5.32 Å². The maximum Gasteiger partial charge on any atom is 0.182 e. The molecule has 0 aliphatic rings. The molecule has 0 bridgehead atoms. The lowest BCUT2D eigenvalue weighted by molar-refractivity contribution is 0.163. The molecule has 0 radical (unpaired) electrons. The molecule has 0 aromatic carbocycles. The third kappa shape index (κ3) is 4.76. The Morgan fingerprint density at radius 1 is 1.41 bits per heavy atom. The molecule has 0 saturated heterocycles. The number of rotatable bonds is 7. The molecular weight excluding hydrogens is 218 g/mol. The summed E-state index contributed by atoms with van der Waals surface area (Å²) in [5.74, 6) is 0.537. The van der Waals surface area contributed by atoms with E-state index in [9.17, 15) is 0 Å². The minimum absolute atomic E-state index is 0.326. The third-order valence-corrected chi connectivity index (χ3v) is 2.27. The Balaban J connectivity index is 2.33. The van der Waals surface area contributed by atoms with Crippen LogP contribution in [0.4, 0.5) is 5.82 Å². The molecule has 0 unspecified atom stereocenters. The molecule has 0 fully saturated rings. The van der Waals surface area contributed by atoms with Gasteiger partial charge >= 0.3 is 0 Å². The number of nitrogens with one attached hydrogen (secondary N) is 1. The van der Waals surface area contributed by atoms with E-state index in [0.29, 0.717) is 24.7 Å². The molecule has 17 heavy (non-hydrogen) atoms. The molecule has 1 rings (SSSR count). The van der Waals surface area contributed by atoms with Gasteiger partial charge in [0.15, 0.2) is 11.5 Å². The highest BCUT2D eigenvalue weighted by Crippen LogP contribution is 2.05. The second kappa shape index (κ2) is 7.54. The van der Waals surface area contributed by atoms with E-state index in [1.807, 2.05) is 13.1 Å². The van der Waals surface area contributed by atoms with Crippen molar-refractivity contribution in [2.45, 2.75) is 0 Å². The van der Waals surface area contributed by atoms with Gasteiger partial charge in [0.05, 0.1) is 6.61 Å². The molecule has 6 heteroatoms. The molecule has 1 heterocycles. The first-order valence-electron chi connectivity index (χ1n) is 5.40. The van der Waals surface area contributed by atoms with E-state index in [-0.39, 0.29) is 0 Å². The molecule has 0 amide bonds. The van der Waals surface area contributed by atoms with Gasteiger partial charge in [-0.05, 0) is 7.05 Å². The fourth-order valence-corrected chi connectivity index (χ4v) is 1.27. The quantitative estimate of drug-likeness (QED) is 0.734. The minimum Gasteiger partial charge on any atom is -0.383 e. The zero-order chi connectivity index (χ0) is 12.5. The molecular formula is C11H17N5O. The summed E-state index contributed by atoms with van der Waals surface area (Å²) in [5.41, 5.74) is 0.326. The van der Waals surface area contributed by atoms with Gasteiger partial charge in [0.1, 0.15) is 6.07 Å². The topological polar surface area (TPSA) is 74.1 Å². The van der Waals surface area contributed by atoms with Crippen LogP contribution in [0, 0.1) is 11.3 Å². The van der Waals surface area contributed by atoms with Crippen molar-refractivity contribution >= 4 is 5.82 Å². The van der Waals surface area contributed by atoms with Crippen LogP contribution in [0.1, 0.15) is 5.69 Å². The first-order valence-corrected chi connectivity index (χ1v) is 5.40. The van der Waals surface area contributed by atoms with Crippen LogP contribution in [0.15, 0.2) is 12.4 Å². The zero-order valence-electron chi connectivity index (χ0n) is 10.2. The number of nitriles is 1. The number of aromatic nitrogens is 2. The lowest BCUT2D eigenvalue weighted by atomic mass is 10.4. The summed E-state index contributed by atoms with van der Waals surface area (Å²) >= 11 is 0. The summed E-state index contributed by atoms with van der Waals surface area (Å²) in [6.07, 6.45) is 3.08. The standard InChI is InChI=1S/C11H17N5O/c1-16(7-8-17-2)6-5-15-11-10(9-12)13-3-4-14-11/h3-4H,5-8H2,1-2H3,(H,14,15). The van der Waals surface area contributed by atoms with Crippen LogP contribution in [0.3, 0.4) is 0 Å². The lowest BCUT2D eigenvalue weighted by Crippen LogP contribution is -2.28. The van der Waals surface area contributed by atoms with Crippen molar-refractivity contribution in [3.05, 3.63) is 18.1 Å². The Labute approximate surface area is 101 Å². The van der Waals surface area contributed by atoms with Gasteiger partial charge in [-0.2, -0.15) is 5.26 Å². The number of anilines is 1. The lowest BCUT2D eigenvalue weighted by Gasteiger charge is -2.16. The monoisotopic (exact) mass is 235 g/mol. The average Bonchev–Trinajstić information content (AvgIpc) is 2.37. The van der Waals surface area contributed by atoms with Crippen molar-refractivity contribution in [2.75, 3.05) is 45.7 Å². The molecule has 0 aliphatic carbocycles. The van der Waals surface area contributed by atoms with Gasteiger partial charge in [0.2, 0.25) is 0 Å². The van der Waals surface area contributed by atoms with E-state index >= 15 is 0 Å². The van der Waals surface area contributed by atoms with Crippen LogP contribution in [-0.4, -0.2) is 55.3 Å². The number of likely N-dealkylation sites (N-methyl/N-ethyl adjacent to an activating group) is 1. The van der Waals surface area contributed by atoms with E-state index in [4.69, 9.17) is 10.00 Å². The summed E-state index contributed by atoms with van der Waals surface area (Å²) < 4.78 is 4.99. The minimum atomic E-state index is 0.326. The average molecular weight is 235 g/mol. The number of nitrogens with zero attached hydrogens (tertiary/aromatic N) is 4. The second-order valence-electron chi connectivity index (χ2n) is 3.59. The van der Waals surface area contributed by atoms with E-state index in [2.05, 4.69) is 20.2 Å². The molecule has 0 atom stereocenters. The van der Waals surface area contributed by atoms with Crippen molar-refractivity contribution in [2.24, 2.45) is 0 Å². The molecule has 0 saturated carbocycles. The number of hydrogen-bond acceptors (Lipinski definition) is 6. The van der Waals surface area contributed by atoms with Crippen molar-refractivity contribution in [1.29, 1.82) is 5.26 Å². The molecule has 1 aromatic rings. The smallest absolute Gasteiger partial charge is 0.182 e. The van der Waals surface area contributed by atoms with E-state index in [0.717, 1.165) is 13.1 Å². The first-order chi connectivity index (χ1) is 8.27. The van der Waals surface area contributed by atoms with Gasteiger partial charge in [0.25, 0.3) is 0 Å². The Bertz CT molecular complexity index is 376. The Kier molecular flexibility index (Phi) is 5.93. The van der Waals surface area contributed by atoms with Crippen molar-refractivity contribution in [3.8, 4) is 6.07 Å². The van der Waals surface area contributed by atoms with Crippen molar-refractivity contribution in [1.82, 2.24) is 14.9 Å². The predicted octanol–water partition coefficient (Wildman–Crippen LogP) is 0.338. The van der Waals surface area contributed by atoms with Crippen LogP contribution in [0.2, 0.25) is 0 Å². The van der Waals surface area contributed by atoms with Gasteiger partial charge in [-0.15, -0.1) is 0 Å². The van der Waals surface area contributed by atoms with E-state index in [1.54, 1.807) is 13.3 Å². The third-order valence-electron chi connectivity index (χ3n) is 2.27. The summed E-state index contributed by atoms with van der Waals surface area (Å²) in [5, 5.41) is 11.9. The van der Waals surface area contributed by atoms with Crippen LogP contribution in [-0.2, 0) is 4.74 Å². The van der Waals surface area contributed by atoms with Gasteiger partial charge < -0.3 is 15.0 Å². The number of methoxy groups -OCH3 is 1. The van der Waals surface area contributed by atoms with Gasteiger partial charge in [0, 0.05) is 39.1 Å². The molecule has 0 aliphatic heterocycles. The molecule has 1 N–H and O–H groups in total. The van der Waals surface area contributed by atoms with Crippen LogP contribution >= 0.6 is 0 Å². The highest BCUT2D eigenvalue weighted by molar-refractivity contribution is 5.46. The normalized spacial score (nSPS) is 10.2. The van der Waals surface area contributed by atoms with Crippen molar-refractivity contribution in [3.63, 3.8) is 0 Å². The number of hydrogen-bond donors (Lipinski definition) is 1. The van der Waals surface area contributed by atoms with E-state index in [1.165, 1.54) is 6.20 Å². The van der Waals surface area contributed by atoms with Crippen LogP contribution in [0.25, 0.3) is 0 Å². The molecule has 0 spiro atoms. The Hall–Kier alpha value is -1.71. The highest BCUT2D eigenvalue weighted by atomic mass is 16.5. The van der Waals surface area contributed by atoms with Crippen LogP contribution in [0.5, 0.6) is 0 Å². The summed E-state index contributed by atoms with van der Waals surface area (Å²) in [6.45, 7) is 3.16. The Morgan fingerprint density at radius 2 is 2.18 bits per heavy atom. The molecule has 6 nitrogen and oxygen atoms in total. The molecule has 92 valence electrons. The first kappa shape index (κ1) is 13.4. The SMILES string of the molecule is COCCN(C)CCNc1nccnc1C#N. The van der Waals surface area contributed by atoms with Gasteiger partial charge in [-0.1, -0.05) is 0 Å². The highest BCUT2D eigenvalue weighted by Gasteiger charge is 2.03. The summed E-state index contributed by atoms with van der Waals surface area (Å²) in [4.78, 5) is 10.1. The summed E-state index contributed by atoms with van der Waals surface area (Å²) in [6, 6.07) is 2.00. The zero-order valence-corrected chi connectivity index (χ0v) is 10.2. The largest absolute Gasteiger partial charge is 0.383 e. The van der Waals surface area contributed by atoms with Crippen molar-refractivity contribution < 1.29 is 4.74 Å². The van der Waals surface area contributed by atoms with E-state index < -0.39 is 0 Å². The predicted molar refractivity (Wildman–Crippen MR) is 64.6 cm³/mol. The fraction of sp³-hybridized carbons (Fsp3) is 0.545. The number of ether oxygens (including phenoxy) is 1. The maximum absolute atomic E-state index is 8.82. The molecule has 1 aromatic heterocycles. The maximum atomic E-state index is 8.82.